The number of hydrogen-bond acceptors (Lipinski definition) is 3. The minimum Gasteiger partial charge on any atom is -0.288 e. The molecule has 0 bridgehead atoms. The van der Waals surface area contributed by atoms with Crippen molar-refractivity contribution in [3.05, 3.63) is 0 Å². The minimum absolute atomic E-state index is 0.0255. The molecule has 0 spiro atoms. The maximum Gasteiger partial charge on any atom is 0.232 e. The number of sulfonamides is 1. The van der Waals surface area contributed by atoms with Gasteiger partial charge in [0.2, 0.25) is 10.0 Å². The van der Waals surface area contributed by atoms with Gasteiger partial charge in [-0.15, -0.1) is 0 Å². The maximum atomic E-state index is 10.6. The van der Waals surface area contributed by atoms with Gasteiger partial charge in [0.15, 0.2) is 0 Å². The van der Waals surface area contributed by atoms with Crippen molar-refractivity contribution in [2.75, 3.05) is 13.3 Å². The molecule has 0 fully saturated rings. The van der Waals surface area contributed by atoms with Gasteiger partial charge in [0.1, 0.15) is 5.84 Å². The van der Waals surface area contributed by atoms with Crippen LogP contribution in [0.2, 0.25) is 0 Å². The summed E-state index contributed by atoms with van der Waals surface area (Å²) in [6.45, 7) is 1.42. The molecule has 0 aliphatic carbocycles. The highest BCUT2D eigenvalue weighted by Crippen LogP contribution is 1.91. The van der Waals surface area contributed by atoms with Crippen LogP contribution < -0.4 is 0 Å². The van der Waals surface area contributed by atoms with Gasteiger partial charge in [0.25, 0.3) is 0 Å². The van der Waals surface area contributed by atoms with Crippen molar-refractivity contribution in [2.24, 2.45) is 0 Å². The van der Waals surface area contributed by atoms with Gasteiger partial charge in [-0.1, -0.05) is 0 Å². The third-order valence-electron chi connectivity index (χ3n) is 0.970. The lowest BCUT2D eigenvalue weighted by Gasteiger charge is -2.12. The molecule has 5 heteroatoms. The molecule has 4 nitrogen and oxygen atoms in total. The average Bonchev–Trinajstić information content (AvgIpc) is 1.62. The Kier molecular flexibility index (Phi) is 2.19. The van der Waals surface area contributed by atoms with Gasteiger partial charge in [-0.3, -0.25) is 9.71 Å². The zero-order chi connectivity index (χ0) is 7.65. The van der Waals surface area contributed by atoms with Crippen molar-refractivity contribution in [3.63, 3.8) is 0 Å². The summed E-state index contributed by atoms with van der Waals surface area (Å²) in [7, 11) is -1.85. The second-order valence-corrected chi connectivity index (χ2v) is 3.83. The molecular formula is C4H10N2O2S. The van der Waals surface area contributed by atoms with E-state index in [0.29, 0.717) is 0 Å². The Hall–Kier alpha value is -0.580. The molecule has 0 heterocycles. The second-order valence-electron chi connectivity index (χ2n) is 1.82. The van der Waals surface area contributed by atoms with Crippen LogP contribution in [-0.2, 0) is 10.0 Å². The summed E-state index contributed by atoms with van der Waals surface area (Å²) in [5.41, 5.74) is 0. The minimum atomic E-state index is -3.19. The topological polar surface area (TPSA) is 61.2 Å². The quantitative estimate of drug-likeness (QED) is 0.418. The third kappa shape index (κ3) is 2.46. The number of nitrogens with zero attached hydrogens (tertiary/aromatic N) is 1. The summed E-state index contributed by atoms with van der Waals surface area (Å²) in [5.74, 6) is 0.0255. The van der Waals surface area contributed by atoms with Crippen molar-refractivity contribution >= 4 is 15.9 Å². The van der Waals surface area contributed by atoms with Gasteiger partial charge >= 0.3 is 0 Å². The van der Waals surface area contributed by atoms with Gasteiger partial charge < -0.3 is 0 Å². The van der Waals surface area contributed by atoms with Gasteiger partial charge in [-0.25, -0.2) is 8.42 Å². The second kappa shape index (κ2) is 2.34. The van der Waals surface area contributed by atoms with Crippen LogP contribution in [0.15, 0.2) is 0 Å². The van der Waals surface area contributed by atoms with Gasteiger partial charge in [0, 0.05) is 7.05 Å². The van der Waals surface area contributed by atoms with Crippen LogP contribution in [0.3, 0.4) is 0 Å². The molecule has 1 N–H and O–H groups in total. The summed E-state index contributed by atoms with van der Waals surface area (Å²) in [6.07, 6.45) is 1.06. The lowest BCUT2D eigenvalue weighted by Crippen LogP contribution is -2.29. The van der Waals surface area contributed by atoms with Crippen molar-refractivity contribution in [1.82, 2.24) is 4.31 Å². The first-order chi connectivity index (χ1) is 3.85. The molecule has 0 radical (unpaired) electrons. The molecule has 9 heavy (non-hydrogen) atoms. The van der Waals surface area contributed by atoms with E-state index >= 15 is 0 Å². The van der Waals surface area contributed by atoms with E-state index in [-0.39, 0.29) is 5.84 Å². The van der Waals surface area contributed by atoms with Crippen LogP contribution in [-0.4, -0.2) is 31.9 Å². The third-order valence-corrected chi connectivity index (χ3v) is 2.24. The fourth-order valence-electron chi connectivity index (χ4n) is 0.249. The highest BCUT2D eigenvalue weighted by molar-refractivity contribution is 7.88. The van der Waals surface area contributed by atoms with Crippen LogP contribution in [0.25, 0.3) is 0 Å². The van der Waals surface area contributed by atoms with Crippen molar-refractivity contribution in [3.8, 4) is 0 Å². The smallest absolute Gasteiger partial charge is 0.232 e. The van der Waals surface area contributed by atoms with E-state index < -0.39 is 10.0 Å². The Balaban J connectivity index is 4.43. The summed E-state index contributed by atoms with van der Waals surface area (Å²) in [5, 5.41) is 6.90. The average molecular weight is 150 g/mol. The Morgan fingerprint density at radius 1 is 1.56 bits per heavy atom. The summed E-state index contributed by atoms with van der Waals surface area (Å²) < 4.78 is 22.0. The first kappa shape index (κ1) is 8.42. The maximum absolute atomic E-state index is 10.6. The monoisotopic (exact) mass is 150 g/mol. The van der Waals surface area contributed by atoms with Crippen LogP contribution in [0, 0.1) is 5.41 Å². The van der Waals surface area contributed by atoms with E-state index in [4.69, 9.17) is 5.41 Å². The van der Waals surface area contributed by atoms with E-state index in [1.54, 1.807) is 0 Å². The summed E-state index contributed by atoms with van der Waals surface area (Å²) in [4.78, 5) is 0. The Morgan fingerprint density at radius 2 is 1.89 bits per heavy atom. The van der Waals surface area contributed by atoms with E-state index in [1.165, 1.54) is 14.0 Å². The number of rotatable bonds is 1. The van der Waals surface area contributed by atoms with Crippen LogP contribution in [0.4, 0.5) is 0 Å². The van der Waals surface area contributed by atoms with Gasteiger partial charge in [0.05, 0.1) is 6.26 Å². The zero-order valence-electron chi connectivity index (χ0n) is 5.67. The van der Waals surface area contributed by atoms with Gasteiger partial charge in [-0.2, -0.15) is 0 Å². The fraction of sp³-hybridized carbons (Fsp3) is 0.750. The number of hydrogen-bond donors (Lipinski definition) is 1. The lowest BCUT2D eigenvalue weighted by molar-refractivity contribution is 0.558. The van der Waals surface area contributed by atoms with E-state index in [0.717, 1.165) is 10.6 Å². The molecular weight excluding hydrogens is 140 g/mol. The molecule has 0 saturated carbocycles. The predicted molar refractivity (Wildman–Crippen MR) is 36.0 cm³/mol. The molecule has 0 saturated heterocycles. The zero-order valence-corrected chi connectivity index (χ0v) is 6.49. The van der Waals surface area contributed by atoms with Crippen LogP contribution in [0.1, 0.15) is 6.92 Å². The summed E-state index contributed by atoms with van der Waals surface area (Å²) >= 11 is 0. The number of amidine groups is 1. The molecule has 0 unspecified atom stereocenters. The van der Waals surface area contributed by atoms with Crippen molar-refractivity contribution in [2.45, 2.75) is 6.92 Å². The molecule has 0 amide bonds. The SMILES string of the molecule is CC(=N)N(C)S(C)(=O)=O. The molecule has 0 atom stereocenters. The summed E-state index contributed by atoms with van der Waals surface area (Å²) in [6, 6.07) is 0. The fourth-order valence-corrected chi connectivity index (χ4v) is 0.746. The standard InChI is InChI=1S/C4H10N2O2S/c1-4(5)6(2)9(3,7)8/h5H,1-3H3. The molecule has 0 aromatic heterocycles. The molecule has 54 valence electrons. The molecule has 0 aromatic rings. The first-order valence-electron chi connectivity index (χ1n) is 2.34. The van der Waals surface area contributed by atoms with Crippen LogP contribution in [0.5, 0.6) is 0 Å². The van der Waals surface area contributed by atoms with Crippen LogP contribution >= 0.6 is 0 Å². The molecule has 0 rings (SSSR count). The predicted octanol–water partition coefficient (Wildman–Crippen LogP) is -0.125. The van der Waals surface area contributed by atoms with Crippen molar-refractivity contribution in [1.29, 1.82) is 5.41 Å². The van der Waals surface area contributed by atoms with E-state index in [2.05, 4.69) is 0 Å². The Morgan fingerprint density at radius 3 is 1.89 bits per heavy atom. The molecule has 0 aliphatic rings. The Bertz CT molecular complexity index is 207. The lowest BCUT2D eigenvalue weighted by atomic mass is 10.7. The highest BCUT2D eigenvalue weighted by Gasteiger charge is 2.09. The number of nitrogens with one attached hydrogen (secondary N) is 1. The van der Waals surface area contributed by atoms with E-state index in [9.17, 15) is 8.42 Å². The Labute approximate surface area is 55.0 Å². The molecule has 0 aromatic carbocycles. The molecule has 0 aliphatic heterocycles. The van der Waals surface area contributed by atoms with E-state index in [1.807, 2.05) is 0 Å². The highest BCUT2D eigenvalue weighted by atomic mass is 32.2. The first-order valence-corrected chi connectivity index (χ1v) is 4.19. The van der Waals surface area contributed by atoms with Crippen molar-refractivity contribution < 1.29 is 8.42 Å². The largest absolute Gasteiger partial charge is 0.288 e. The normalized spacial score (nSPS) is 11.0. The van der Waals surface area contributed by atoms with Gasteiger partial charge in [-0.05, 0) is 6.92 Å².